The van der Waals surface area contributed by atoms with Crippen LogP contribution < -0.4 is 15.4 Å². The van der Waals surface area contributed by atoms with Crippen molar-refractivity contribution in [2.45, 2.75) is 25.2 Å². The molecule has 0 unspecified atom stereocenters. The molecular weight excluding hydrogens is 404 g/mol. The van der Waals surface area contributed by atoms with Crippen LogP contribution in [0.2, 0.25) is 5.02 Å². The molecule has 2 aromatic rings. The number of nitrogens with one attached hydrogen (secondary N) is 2. The summed E-state index contributed by atoms with van der Waals surface area (Å²) in [7, 11) is -3.83. The van der Waals surface area contributed by atoms with E-state index in [0.29, 0.717) is 11.4 Å². The zero-order chi connectivity index (χ0) is 20.5. The van der Waals surface area contributed by atoms with Gasteiger partial charge in [-0.15, -0.1) is 0 Å². The van der Waals surface area contributed by atoms with E-state index in [1.807, 2.05) is 32.0 Å². The molecule has 28 heavy (non-hydrogen) atoms. The molecule has 2 N–H and O–H groups in total. The minimum absolute atomic E-state index is 0.0423. The number of carbonyl (C=O) groups is 2. The van der Waals surface area contributed by atoms with Gasteiger partial charge in [-0.25, -0.2) is 8.42 Å². The van der Waals surface area contributed by atoms with Crippen molar-refractivity contribution >= 4 is 44.6 Å². The molecule has 0 saturated carbocycles. The summed E-state index contributed by atoms with van der Waals surface area (Å²) in [6, 6.07) is 8.20. The molecule has 2 aromatic carbocycles. The lowest BCUT2D eigenvalue weighted by molar-refractivity contribution is -0.118. The van der Waals surface area contributed by atoms with Crippen LogP contribution in [0.15, 0.2) is 35.2 Å². The lowest BCUT2D eigenvalue weighted by Crippen LogP contribution is -2.25. The van der Waals surface area contributed by atoms with Gasteiger partial charge in [0.05, 0.1) is 21.4 Å². The third-order valence-corrected chi connectivity index (χ3v) is 6.28. The maximum atomic E-state index is 12.7. The third kappa shape index (κ3) is 4.63. The van der Waals surface area contributed by atoms with E-state index in [0.717, 1.165) is 11.1 Å². The molecule has 3 rings (SSSR count). The van der Waals surface area contributed by atoms with Crippen molar-refractivity contribution in [1.82, 2.24) is 0 Å². The lowest BCUT2D eigenvalue weighted by Gasteiger charge is -2.19. The van der Waals surface area contributed by atoms with Gasteiger partial charge in [0.2, 0.25) is 5.91 Å². The van der Waals surface area contributed by atoms with Crippen molar-refractivity contribution in [3.8, 4) is 5.75 Å². The van der Waals surface area contributed by atoms with Gasteiger partial charge < -0.3 is 15.4 Å². The second-order valence-electron chi connectivity index (χ2n) is 6.61. The van der Waals surface area contributed by atoms with Crippen LogP contribution in [0.25, 0.3) is 0 Å². The second-order valence-corrected chi connectivity index (χ2v) is 9.09. The summed E-state index contributed by atoms with van der Waals surface area (Å²) >= 11 is 6.09. The topological polar surface area (TPSA) is 102 Å². The predicted octanol–water partition coefficient (Wildman–Crippen LogP) is 3.09. The summed E-state index contributed by atoms with van der Waals surface area (Å²) in [5.41, 5.74) is 2.93. The summed E-state index contributed by atoms with van der Waals surface area (Å²) in [6.07, 6.45) is -0.222. The smallest absolute Gasteiger partial charge is 0.262 e. The number of anilines is 2. The number of sulfone groups is 1. The lowest BCUT2D eigenvalue weighted by atomic mass is 10.1. The van der Waals surface area contributed by atoms with Gasteiger partial charge >= 0.3 is 0 Å². The molecule has 1 heterocycles. The molecule has 0 atom stereocenters. The quantitative estimate of drug-likeness (QED) is 0.770. The average molecular weight is 423 g/mol. The molecule has 2 amide bonds. The fraction of sp³-hybridized carbons (Fsp3) is 0.263. The maximum Gasteiger partial charge on any atom is 0.262 e. The zero-order valence-electron chi connectivity index (χ0n) is 15.3. The number of benzene rings is 2. The van der Waals surface area contributed by atoms with Gasteiger partial charge in [-0.3, -0.25) is 9.59 Å². The highest BCUT2D eigenvalue weighted by molar-refractivity contribution is 7.91. The Bertz CT molecular complexity index is 1050. The molecule has 1 aliphatic rings. The Labute approximate surface area is 168 Å². The summed E-state index contributed by atoms with van der Waals surface area (Å²) < 4.78 is 30.6. The van der Waals surface area contributed by atoms with E-state index in [4.69, 9.17) is 16.3 Å². The Morgan fingerprint density at radius 1 is 1.18 bits per heavy atom. The van der Waals surface area contributed by atoms with Crippen LogP contribution in [0.4, 0.5) is 11.4 Å². The van der Waals surface area contributed by atoms with Gasteiger partial charge in [-0.1, -0.05) is 17.7 Å². The van der Waals surface area contributed by atoms with Crippen molar-refractivity contribution in [3.63, 3.8) is 0 Å². The summed E-state index contributed by atoms with van der Waals surface area (Å²) in [5, 5.41) is 5.22. The highest BCUT2D eigenvalue weighted by atomic mass is 35.5. The van der Waals surface area contributed by atoms with Gasteiger partial charge in [0.15, 0.2) is 16.4 Å². The van der Waals surface area contributed by atoms with Gasteiger partial charge in [-0.05, 0) is 43.2 Å². The van der Waals surface area contributed by atoms with Gasteiger partial charge in [0, 0.05) is 18.2 Å². The number of hydrogen-bond acceptors (Lipinski definition) is 5. The van der Waals surface area contributed by atoms with E-state index in [1.54, 1.807) is 0 Å². The minimum atomic E-state index is -3.83. The van der Waals surface area contributed by atoms with Crippen LogP contribution in [0, 0.1) is 13.8 Å². The first kappa shape index (κ1) is 20.2. The molecule has 0 bridgehead atoms. The Hall–Kier alpha value is -2.58. The predicted molar refractivity (Wildman–Crippen MR) is 107 cm³/mol. The van der Waals surface area contributed by atoms with E-state index >= 15 is 0 Å². The standard InChI is InChI=1S/C19H19ClN2O5S/c1-11-5-12(2)7-13(6-11)21-18(23)3-4-28(25,26)17-9-16-15(8-14(17)20)22-19(24)10-27-16/h5-9H,3-4,10H2,1-2H3,(H,21,23)(H,22,24). The van der Waals surface area contributed by atoms with Gasteiger partial charge in [-0.2, -0.15) is 0 Å². The van der Waals surface area contributed by atoms with Crippen molar-refractivity contribution in [1.29, 1.82) is 0 Å². The molecule has 9 heteroatoms. The normalized spacial score (nSPS) is 13.3. The van der Waals surface area contributed by atoms with Crippen molar-refractivity contribution in [2.75, 3.05) is 23.0 Å². The Morgan fingerprint density at radius 3 is 2.54 bits per heavy atom. The SMILES string of the molecule is Cc1cc(C)cc(NC(=O)CCS(=O)(=O)c2cc3c(cc2Cl)NC(=O)CO3)c1. The second kappa shape index (κ2) is 7.81. The van der Waals surface area contributed by atoms with E-state index in [9.17, 15) is 18.0 Å². The first-order valence-corrected chi connectivity index (χ1v) is 10.5. The molecule has 0 fully saturated rings. The zero-order valence-corrected chi connectivity index (χ0v) is 16.9. The first-order valence-electron chi connectivity index (χ1n) is 8.51. The van der Waals surface area contributed by atoms with Crippen LogP contribution in [-0.4, -0.2) is 32.6 Å². The first-order chi connectivity index (χ1) is 13.1. The van der Waals surface area contributed by atoms with Crippen LogP contribution in [0.3, 0.4) is 0 Å². The van der Waals surface area contributed by atoms with Crippen molar-refractivity contribution < 1.29 is 22.7 Å². The molecule has 0 radical (unpaired) electrons. The largest absolute Gasteiger partial charge is 0.482 e. The van der Waals surface area contributed by atoms with E-state index < -0.39 is 21.5 Å². The molecule has 148 valence electrons. The van der Waals surface area contributed by atoms with E-state index in [1.165, 1.54) is 12.1 Å². The van der Waals surface area contributed by atoms with Crippen molar-refractivity contribution in [3.05, 3.63) is 46.5 Å². The number of aryl methyl sites for hydroxylation is 2. The minimum Gasteiger partial charge on any atom is -0.482 e. The highest BCUT2D eigenvalue weighted by Crippen LogP contribution is 2.36. The highest BCUT2D eigenvalue weighted by Gasteiger charge is 2.25. The van der Waals surface area contributed by atoms with Gasteiger partial charge in [0.25, 0.3) is 5.91 Å². The van der Waals surface area contributed by atoms with Crippen LogP contribution in [-0.2, 0) is 19.4 Å². The summed E-state index contributed by atoms with van der Waals surface area (Å²) in [6.45, 7) is 3.62. The van der Waals surface area contributed by atoms with Crippen LogP contribution in [0.1, 0.15) is 17.5 Å². The molecule has 7 nitrogen and oxygen atoms in total. The number of fused-ring (bicyclic) bond motifs is 1. The number of ether oxygens (including phenoxy) is 1. The van der Waals surface area contributed by atoms with Crippen molar-refractivity contribution in [2.24, 2.45) is 0 Å². The number of carbonyl (C=O) groups excluding carboxylic acids is 2. The Morgan fingerprint density at radius 2 is 1.86 bits per heavy atom. The van der Waals surface area contributed by atoms with Gasteiger partial charge in [0.1, 0.15) is 5.75 Å². The third-order valence-electron chi connectivity index (χ3n) is 4.11. The Kier molecular flexibility index (Phi) is 5.62. The fourth-order valence-corrected chi connectivity index (χ4v) is 4.76. The average Bonchev–Trinajstić information content (AvgIpc) is 2.58. The summed E-state index contributed by atoms with van der Waals surface area (Å²) in [4.78, 5) is 23.4. The number of hydrogen-bond donors (Lipinski definition) is 2. The fourth-order valence-electron chi connectivity index (χ4n) is 2.93. The number of rotatable bonds is 5. The number of amides is 2. The van der Waals surface area contributed by atoms with Crippen LogP contribution in [0.5, 0.6) is 5.75 Å². The molecular formula is C19H19ClN2O5S. The summed E-state index contributed by atoms with van der Waals surface area (Å²) in [5.74, 6) is -0.940. The number of halogens is 1. The monoisotopic (exact) mass is 422 g/mol. The molecule has 0 aliphatic carbocycles. The molecule has 0 aromatic heterocycles. The van der Waals surface area contributed by atoms with Crippen LogP contribution >= 0.6 is 11.6 Å². The maximum absolute atomic E-state index is 12.7. The Balaban J connectivity index is 1.71. The van der Waals surface area contributed by atoms with E-state index in [2.05, 4.69) is 10.6 Å². The molecule has 0 saturated heterocycles. The molecule has 0 spiro atoms. The molecule has 1 aliphatic heterocycles. The van der Waals surface area contributed by atoms with E-state index in [-0.39, 0.29) is 34.6 Å².